The maximum Gasteiger partial charge on any atom is 0.146 e. The molecule has 0 spiro atoms. The molecule has 0 saturated heterocycles. The Labute approximate surface area is 85.6 Å². The highest BCUT2D eigenvalue weighted by Gasteiger charge is 1.98. The third-order valence-electron chi connectivity index (χ3n) is 1.53. The van der Waals surface area contributed by atoms with Crippen molar-refractivity contribution in [2.24, 2.45) is 0 Å². The van der Waals surface area contributed by atoms with Gasteiger partial charge in [0.05, 0.1) is 0 Å². The molecule has 2 rings (SSSR count). The van der Waals surface area contributed by atoms with Gasteiger partial charge in [-0.1, -0.05) is 11.8 Å². The highest BCUT2D eigenvalue weighted by Crippen LogP contribution is 2.24. The van der Waals surface area contributed by atoms with Crippen LogP contribution in [-0.4, -0.2) is 15.2 Å². The maximum atomic E-state index is 5.43. The van der Waals surface area contributed by atoms with Crippen molar-refractivity contribution < 1.29 is 0 Å². The fraction of sp³-hybridized carbons (Fsp3) is 0. The van der Waals surface area contributed by atoms with Crippen LogP contribution in [-0.2, 0) is 0 Å². The lowest BCUT2D eigenvalue weighted by Crippen LogP contribution is -1.92. The summed E-state index contributed by atoms with van der Waals surface area (Å²) in [6, 6.07) is 7.41. The standard InChI is InChI=1S/C9H8N4S/c10-8-1-2-9(13-12-8)14-7-3-5-11-6-4-7/h1-6H,(H2,10,12). The molecule has 0 aliphatic carbocycles. The molecule has 5 heteroatoms. The van der Waals surface area contributed by atoms with E-state index in [1.54, 1.807) is 18.5 Å². The second kappa shape index (κ2) is 4.06. The normalized spacial score (nSPS) is 10.0. The lowest BCUT2D eigenvalue weighted by molar-refractivity contribution is 0.938. The zero-order valence-electron chi connectivity index (χ0n) is 7.29. The SMILES string of the molecule is Nc1ccc(Sc2ccncc2)nn1. The van der Waals surface area contributed by atoms with E-state index in [0.717, 1.165) is 9.92 Å². The van der Waals surface area contributed by atoms with Crippen LogP contribution in [0, 0.1) is 0 Å². The van der Waals surface area contributed by atoms with Crippen LogP contribution in [0.25, 0.3) is 0 Å². The quantitative estimate of drug-likeness (QED) is 0.805. The predicted molar refractivity (Wildman–Crippen MR) is 54.8 cm³/mol. The number of hydrogen-bond donors (Lipinski definition) is 1. The van der Waals surface area contributed by atoms with Crippen molar-refractivity contribution in [1.82, 2.24) is 15.2 Å². The summed E-state index contributed by atoms with van der Waals surface area (Å²) in [5, 5.41) is 8.53. The van der Waals surface area contributed by atoms with Crippen LogP contribution in [0.2, 0.25) is 0 Å². The number of nitrogen functional groups attached to an aromatic ring is 1. The van der Waals surface area contributed by atoms with Gasteiger partial charge in [0.2, 0.25) is 0 Å². The highest BCUT2D eigenvalue weighted by molar-refractivity contribution is 7.99. The third kappa shape index (κ3) is 2.20. The highest BCUT2D eigenvalue weighted by atomic mass is 32.2. The van der Waals surface area contributed by atoms with E-state index in [-0.39, 0.29) is 0 Å². The van der Waals surface area contributed by atoms with Crippen LogP contribution in [0.3, 0.4) is 0 Å². The molecule has 0 bridgehead atoms. The zero-order valence-corrected chi connectivity index (χ0v) is 8.11. The zero-order chi connectivity index (χ0) is 9.80. The fourth-order valence-corrected chi connectivity index (χ4v) is 1.63. The topological polar surface area (TPSA) is 64.7 Å². The molecule has 0 radical (unpaired) electrons. The van der Waals surface area contributed by atoms with Gasteiger partial charge >= 0.3 is 0 Å². The van der Waals surface area contributed by atoms with E-state index in [1.165, 1.54) is 11.8 Å². The minimum atomic E-state index is 0.434. The first-order chi connectivity index (χ1) is 6.84. The van der Waals surface area contributed by atoms with Crippen molar-refractivity contribution in [2.45, 2.75) is 9.92 Å². The van der Waals surface area contributed by atoms with E-state index in [0.29, 0.717) is 5.82 Å². The van der Waals surface area contributed by atoms with Crippen molar-refractivity contribution in [3.63, 3.8) is 0 Å². The molecule has 2 N–H and O–H groups in total. The van der Waals surface area contributed by atoms with E-state index in [9.17, 15) is 0 Å². The summed E-state index contributed by atoms with van der Waals surface area (Å²) in [6.07, 6.45) is 3.49. The molecule has 2 aromatic rings. The summed E-state index contributed by atoms with van der Waals surface area (Å²) in [7, 11) is 0. The van der Waals surface area contributed by atoms with Gasteiger partial charge in [0, 0.05) is 17.3 Å². The Morgan fingerprint density at radius 1 is 1.00 bits per heavy atom. The van der Waals surface area contributed by atoms with Gasteiger partial charge < -0.3 is 5.73 Å². The number of pyridine rings is 1. The van der Waals surface area contributed by atoms with Crippen molar-refractivity contribution >= 4 is 17.6 Å². The van der Waals surface area contributed by atoms with E-state index >= 15 is 0 Å². The Balaban J connectivity index is 2.16. The van der Waals surface area contributed by atoms with E-state index in [2.05, 4.69) is 15.2 Å². The van der Waals surface area contributed by atoms with Crippen molar-refractivity contribution in [2.75, 3.05) is 5.73 Å². The largest absolute Gasteiger partial charge is 0.382 e. The molecule has 0 saturated carbocycles. The molecule has 0 aromatic carbocycles. The van der Waals surface area contributed by atoms with E-state index in [1.807, 2.05) is 18.2 Å². The van der Waals surface area contributed by atoms with Crippen molar-refractivity contribution in [3.8, 4) is 0 Å². The second-order valence-corrected chi connectivity index (χ2v) is 3.68. The Bertz CT molecular complexity index is 401. The summed E-state index contributed by atoms with van der Waals surface area (Å²) in [5.41, 5.74) is 5.43. The Kier molecular flexibility index (Phi) is 2.60. The minimum absolute atomic E-state index is 0.434. The minimum Gasteiger partial charge on any atom is -0.382 e. The van der Waals surface area contributed by atoms with Gasteiger partial charge in [0.25, 0.3) is 0 Å². The molecule has 14 heavy (non-hydrogen) atoms. The first kappa shape index (κ1) is 8.96. The second-order valence-electron chi connectivity index (χ2n) is 2.58. The molecule has 2 heterocycles. The lowest BCUT2D eigenvalue weighted by atomic mass is 10.5. The molecule has 0 amide bonds. The first-order valence-electron chi connectivity index (χ1n) is 4.02. The van der Waals surface area contributed by atoms with Gasteiger partial charge in [-0.3, -0.25) is 4.98 Å². The van der Waals surface area contributed by atoms with Crippen molar-refractivity contribution in [1.29, 1.82) is 0 Å². The average Bonchev–Trinajstić information content (AvgIpc) is 2.23. The molecule has 70 valence electrons. The maximum absolute atomic E-state index is 5.43. The summed E-state index contributed by atoms with van der Waals surface area (Å²) in [6.45, 7) is 0. The average molecular weight is 204 g/mol. The number of nitrogens with two attached hydrogens (primary N) is 1. The van der Waals surface area contributed by atoms with Crippen LogP contribution < -0.4 is 5.73 Å². The molecule has 0 atom stereocenters. The van der Waals surface area contributed by atoms with Gasteiger partial charge in [0.1, 0.15) is 10.8 Å². The van der Waals surface area contributed by atoms with Gasteiger partial charge in [-0.25, -0.2) is 0 Å². The number of aromatic nitrogens is 3. The molecule has 0 unspecified atom stereocenters. The molecule has 2 aromatic heterocycles. The molecular weight excluding hydrogens is 196 g/mol. The summed E-state index contributed by atoms with van der Waals surface area (Å²) in [4.78, 5) is 5.01. The monoisotopic (exact) mass is 204 g/mol. The predicted octanol–water partition coefficient (Wildman–Crippen LogP) is 1.60. The molecule has 0 fully saturated rings. The summed E-state index contributed by atoms with van der Waals surface area (Å²) < 4.78 is 0. The van der Waals surface area contributed by atoms with Gasteiger partial charge in [-0.2, -0.15) is 0 Å². The summed E-state index contributed by atoms with van der Waals surface area (Å²) in [5.74, 6) is 0.434. The smallest absolute Gasteiger partial charge is 0.146 e. The Morgan fingerprint density at radius 2 is 1.79 bits per heavy atom. The van der Waals surface area contributed by atoms with E-state index < -0.39 is 0 Å². The van der Waals surface area contributed by atoms with E-state index in [4.69, 9.17) is 5.73 Å². The van der Waals surface area contributed by atoms with Crippen LogP contribution in [0.1, 0.15) is 0 Å². The third-order valence-corrected chi connectivity index (χ3v) is 2.47. The molecular formula is C9H8N4S. The van der Waals surface area contributed by atoms with Crippen LogP contribution in [0.15, 0.2) is 46.6 Å². The fourth-order valence-electron chi connectivity index (χ4n) is 0.912. The number of anilines is 1. The van der Waals surface area contributed by atoms with Crippen LogP contribution in [0.5, 0.6) is 0 Å². The number of hydrogen-bond acceptors (Lipinski definition) is 5. The molecule has 4 nitrogen and oxygen atoms in total. The first-order valence-corrected chi connectivity index (χ1v) is 4.83. The van der Waals surface area contributed by atoms with Gasteiger partial charge in [-0.05, 0) is 24.3 Å². The molecule has 0 aliphatic heterocycles. The lowest BCUT2D eigenvalue weighted by Gasteiger charge is -1.98. The van der Waals surface area contributed by atoms with Crippen molar-refractivity contribution in [3.05, 3.63) is 36.7 Å². The van der Waals surface area contributed by atoms with Gasteiger partial charge in [-0.15, -0.1) is 10.2 Å². The Morgan fingerprint density at radius 3 is 2.43 bits per heavy atom. The molecule has 0 aliphatic rings. The Hall–Kier alpha value is -1.62. The number of rotatable bonds is 2. The van der Waals surface area contributed by atoms with Gasteiger partial charge in [0.15, 0.2) is 0 Å². The van der Waals surface area contributed by atoms with Crippen LogP contribution in [0.4, 0.5) is 5.82 Å². The summed E-state index contributed by atoms with van der Waals surface area (Å²) >= 11 is 1.53. The number of nitrogens with zero attached hydrogens (tertiary/aromatic N) is 3. The van der Waals surface area contributed by atoms with Crippen LogP contribution >= 0.6 is 11.8 Å².